The van der Waals surface area contributed by atoms with Crippen LogP contribution in [0.5, 0.6) is 5.75 Å². The first kappa shape index (κ1) is 37.7. The molecule has 53 heavy (non-hydrogen) atoms. The van der Waals surface area contributed by atoms with Crippen LogP contribution in [0.1, 0.15) is 88.6 Å². The zero-order chi connectivity index (χ0) is 37.0. The van der Waals surface area contributed by atoms with Gasteiger partial charge < -0.3 is 29.1 Å². The summed E-state index contributed by atoms with van der Waals surface area (Å²) in [5, 5.41) is 11.4. The molecule has 2 aromatic rings. The first-order valence-corrected chi connectivity index (χ1v) is 22.0. The fourth-order valence-corrected chi connectivity index (χ4v) is 11.9. The van der Waals surface area contributed by atoms with Crippen LogP contribution < -0.4 is 14.4 Å². The average molecular weight is 768 g/mol. The molecule has 9 nitrogen and oxygen atoms in total. The van der Waals surface area contributed by atoms with Crippen molar-refractivity contribution in [1.29, 1.82) is 0 Å². The molecule has 2 bridgehead atoms. The van der Waals surface area contributed by atoms with E-state index in [4.69, 9.17) is 25.8 Å². The molecule has 2 spiro atoms. The average Bonchev–Trinajstić information content (AvgIpc) is 3.25. The zero-order valence-electron chi connectivity index (χ0n) is 31.7. The summed E-state index contributed by atoms with van der Waals surface area (Å²) in [6.07, 6.45) is 11.3. The van der Waals surface area contributed by atoms with E-state index in [0.29, 0.717) is 42.4 Å². The van der Waals surface area contributed by atoms with Gasteiger partial charge in [-0.15, -0.1) is 0 Å². The van der Waals surface area contributed by atoms with E-state index in [2.05, 4.69) is 45.7 Å². The fourth-order valence-electron chi connectivity index (χ4n) is 10.3. The van der Waals surface area contributed by atoms with Crippen molar-refractivity contribution in [3.63, 3.8) is 0 Å². The minimum atomic E-state index is -3.85. The quantitative estimate of drug-likeness (QED) is 0.335. The van der Waals surface area contributed by atoms with E-state index in [-0.39, 0.29) is 11.3 Å². The predicted octanol–water partition coefficient (Wildman–Crippen LogP) is 6.62. The summed E-state index contributed by atoms with van der Waals surface area (Å²) in [5.41, 5.74) is 3.62. The Hall–Kier alpha value is -2.18. The number of allylic oxidation sites excluding steroid dienone is 1. The first-order chi connectivity index (χ1) is 25.4. The van der Waals surface area contributed by atoms with Crippen LogP contribution in [-0.4, -0.2) is 88.4 Å². The van der Waals surface area contributed by atoms with E-state index in [1.807, 2.05) is 25.1 Å². The summed E-state index contributed by atoms with van der Waals surface area (Å²) >= 11 is 6.52. The number of halogens is 1. The van der Waals surface area contributed by atoms with Crippen molar-refractivity contribution in [1.82, 2.24) is 9.62 Å². The number of likely N-dealkylation sites (tertiary alicyclic amines) is 1. The molecule has 2 aromatic carbocycles. The van der Waals surface area contributed by atoms with Crippen LogP contribution in [0.3, 0.4) is 0 Å². The number of rotatable bonds is 4. The van der Waals surface area contributed by atoms with Gasteiger partial charge in [-0.1, -0.05) is 42.8 Å². The number of aliphatic hydroxyl groups is 1. The Morgan fingerprint density at radius 2 is 1.87 bits per heavy atom. The maximum atomic E-state index is 13.7. The minimum absolute atomic E-state index is 0.172. The van der Waals surface area contributed by atoms with Crippen molar-refractivity contribution in [3.8, 4) is 5.75 Å². The van der Waals surface area contributed by atoms with Gasteiger partial charge in [-0.25, -0.2) is 8.42 Å². The van der Waals surface area contributed by atoms with Gasteiger partial charge in [-0.05, 0) is 137 Å². The Labute approximate surface area is 321 Å². The number of anilines is 1. The number of sulfonamides is 1. The lowest BCUT2D eigenvalue weighted by Crippen LogP contribution is -2.59. The molecule has 290 valence electrons. The second kappa shape index (κ2) is 14.7. The highest BCUT2D eigenvalue weighted by atomic mass is 35.5. The molecule has 2 aliphatic carbocycles. The highest BCUT2D eigenvalue weighted by Gasteiger charge is 2.51. The Balaban J connectivity index is 1.19. The van der Waals surface area contributed by atoms with E-state index in [1.54, 1.807) is 13.0 Å². The van der Waals surface area contributed by atoms with Gasteiger partial charge in [0.1, 0.15) is 17.6 Å². The third-order valence-electron chi connectivity index (χ3n) is 14.0. The summed E-state index contributed by atoms with van der Waals surface area (Å²) in [6, 6.07) is 12.0. The summed E-state index contributed by atoms with van der Waals surface area (Å²) < 4.78 is 49.4. The van der Waals surface area contributed by atoms with E-state index < -0.39 is 27.1 Å². The van der Waals surface area contributed by atoms with Crippen LogP contribution in [-0.2, 0) is 31.3 Å². The van der Waals surface area contributed by atoms with Crippen molar-refractivity contribution >= 4 is 27.3 Å². The number of aryl methyl sites for hydroxylation is 1. The number of piperidine rings is 1. The standard InChI is InChI=1S/C42H58ClN3O6S/c1-4-52-42(25-45-19-17-40(18-20-45)26-50-27-40)16-5-7-29(2)30(3)53(48,49)44-39(47)32-10-14-38-37(22-32)46(23-33-9-12-36(33)42)24-41(28-51-38)15-6-8-31-21-34(43)11-13-35(31)41/h5,10-11,13-14,16,21-22,29-30,33,36,39,44,47H,4,6-9,12,15,17-20,23-28H2,1-3H3/b16-5+/t29-,30+,33-,36+,39?,41-,42+/m0/s1. The first-order valence-electron chi connectivity index (χ1n) is 20.1. The molecule has 4 aliphatic heterocycles. The van der Waals surface area contributed by atoms with Crippen molar-refractivity contribution in [2.24, 2.45) is 23.2 Å². The van der Waals surface area contributed by atoms with E-state index >= 15 is 0 Å². The maximum absolute atomic E-state index is 13.7. The van der Waals surface area contributed by atoms with Crippen LogP contribution in [0.4, 0.5) is 5.69 Å². The number of nitrogens with zero attached hydrogens (tertiary/aromatic N) is 2. The van der Waals surface area contributed by atoms with E-state index in [1.165, 1.54) is 11.1 Å². The SMILES string of the molecule is CCO[C@@]1(CN2CCC3(CC2)COC3)/C=C/C[C@H](C)[C@@H](C)S(=O)(=O)NC(O)c2ccc3c(c2)N(C[C@@H]2CC[C@H]21)C[C@@]1(CCCc2cc(Cl)ccc21)CO3. The summed E-state index contributed by atoms with van der Waals surface area (Å²) in [5.74, 6) is 1.26. The number of hydrogen-bond donors (Lipinski definition) is 2. The molecule has 0 amide bonds. The lowest BCUT2D eigenvalue weighted by molar-refractivity contribution is -0.152. The number of ether oxygens (including phenoxy) is 3. The Bertz CT molecular complexity index is 1790. The summed E-state index contributed by atoms with van der Waals surface area (Å²) in [4.78, 5) is 5.10. The largest absolute Gasteiger partial charge is 0.490 e. The maximum Gasteiger partial charge on any atom is 0.216 e. The number of fused-ring (bicyclic) bond motifs is 4. The minimum Gasteiger partial charge on any atom is -0.490 e. The van der Waals surface area contributed by atoms with Gasteiger partial charge in [-0.2, -0.15) is 4.72 Å². The number of benzene rings is 2. The van der Waals surface area contributed by atoms with Crippen molar-refractivity contribution < 1.29 is 27.7 Å². The highest BCUT2D eigenvalue weighted by molar-refractivity contribution is 7.90. The Morgan fingerprint density at radius 3 is 2.58 bits per heavy atom. The molecule has 1 unspecified atom stereocenters. The second-order valence-electron chi connectivity index (χ2n) is 17.3. The Morgan fingerprint density at radius 1 is 1.06 bits per heavy atom. The van der Waals surface area contributed by atoms with Crippen molar-refractivity contribution in [2.45, 2.75) is 94.6 Å². The molecule has 11 heteroatoms. The van der Waals surface area contributed by atoms with Crippen molar-refractivity contribution in [3.05, 3.63) is 70.3 Å². The normalized spacial score (nSPS) is 35.9. The fraction of sp³-hybridized carbons (Fsp3) is 0.667. The monoisotopic (exact) mass is 767 g/mol. The van der Waals surface area contributed by atoms with Gasteiger partial charge >= 0.3 is 0 Å². The third kappa shape index (κ3) is 7.20. The van der Waals surface area contributed by atoms with Gasteiger partial charge in [-0.3, -0.25) is 0 Å². The molecule has 6 aliphatic rings. The van der Waals surface area contributed by atoms with E-state index in [9.17, 15) is 13.5 Å². The zero-order valence-corrected chi connectivity index (χ0v) is 33.3. The van der Waals surface area contributed by atoms with Crippen LogP contribution in [0.25, 0.3) is 0 Å². The van der Waals surface area contributed by atoms with Gasteiger partial charge in [0.2, 0.25) is 10.0 Å². The number of aliphatic hydroxyl groups excluding tert-OH is 1. The lowest BCUT2D eigenvalue weighted by Gasteiger charge is -2.54. The van der Waals surface area contributed by atoms with Crippen LogP contribution in [0, 0.1) is 23.2 Å². The van der Waals surface area contributed by atoms with Crippen LogP contribution >= 0.6 is 11.6 Å². The summed E-state index contributed by atoms with van der Waals surface area (Å²) in [7, 11) is -3.85. The number of hydrogen-bond acceptors (Lipinski definition) is 8. The smallest absolute Gasteiger partial charge is 0.216 e. The Kier molecular flexibility index (Phi) is 10.5. The molecular weight excluding hydrogens is 710 g/mol. The molecule has 1 saturated carbocycles. The molecule has 8 rings (SSSR count). The second-order valence-corrected chi connectivity index (χ2v) is 19.8. The molecule has 3 fully saturated rings. The molecule has 2 saturated heterocycles. The molecule has 0 aromatic heterocycles. The molecular formula is C42H58ClN3O6S. The predicted molar refractivity (Wildman–Crippen MR) is 209 cm³/mol. The molecule has 7 atom stereocenters. The van der Waals surface area contributed by atoms with Gasteiger partial charge in [0.05, 0.1) is 30.8 Å². The van der Waals surface area contributed by atoms with Gasteiger partial charge in [0, 0.05) is 42.1 Å². The van der Waals surface area contributed by atoms with Crippen LogP contribution in [0.2, 0.25) is 5.02 Å². The molecule has 0 radical (unpaired) electrons. The van der Waals surface area contributed by atoms with Crippen LogP contribution in [0.15, 0.2) is 48.6 Å². The molecule has 4 heterocycles. The van der Waals surface area contributed by atoms with E-state index in [0.717, 1.165) is 107 Å². The van der Waals surface area contributed by atoms with Gasteiger partial charge in [0.15, 0.2) is 0 Å². The van der Waals surface area contributed by atoms with Gasteiger partial charge in [0.25, 0.3) is 0 Å². The summed E-state index contributed by atoms with van der Waals surface area (Å²) in [6.45, 7) is 13.2. The van der Waals surface area contributed by atoms with Crippen molar-refractivity contribution in [2.75, 3.05) is 64.1 Å². The highest BCUT2D eigenvalue weighted by Crippen LogP contribution is 2.50. The topological polar surface area (TPSA) is 101 Å². The molecule has 2 N–H and O–H groups in total. The number of nitrogens with one attached hydrogen (secondary N) is 1. The third-order valence-corrected chi connectivity index (χ3v) is 16.2. The lowest BCUT2D eigenvalue weighted by atomic mass is 9.63.